The topological polar surface area (TPSA) is 43.1 Å². The zero-order valence-electron chi connectivity index (χ0n) is 7.81. The summed E-state index contributed by atoms with van der Waals surface area (Å²) in [6, 6.07) is 2.84. The van der Waals surface area contributed by atoms with Gasteiger partial charge in [-0.25, -0.2) is 4.39 Å². The van der Waals surface area contributed by atoms with E-state index in [2.05, 4.69) is 15.9 Å². The minimum atomic E-state index is -0.355. The molecule has 0 aromatic heterocycles. The minimum absolute atomic E-state index is 0.0503. The van der Waals surface area contributed by atoms with Gasteiger partial charge in [-0.3, -0.25) is 4.79 Å². The molecule has 1 aromatic rings. The van der Waals surface area contributed by atoms with E-state index in [0.29, 0.717) is 28.6 Å². The van der Waals surface area contributed by atoms with Gasteiger partial charge in [0.25, 0.3) is 0 Å². The number of rotatable bonds is 3. The number of halogens is 2. The van der Waals surface area contributed by atoms with Crippen LogP contribution in [0.1, 0.15) is 22.3 Å². The number of hydrogen-bond acceptors (Lipinski definition) is 2. The zero-order valence-corrected chi connectivity index (χ0v) is 9.40. The lowest BCUT2D eigenvalue weighted by molar-refractivity contribution is 0.0985. The molecular weight excluding hydrogens is 249 g/mol. The van der Waals surface area contributed by atoms with Gasteiger partial charge in [0.05, 0.1) is 4.47 Å². The first kappa shape index (κ1) is 11.3. The lowest BCUT2D eigenvalue weighted by Gasteiger charge is -2.05. The number of Topliss-reactive ketones (excluding diaryl/α,β-unsaturated/α-hetero) is 1. The third-order valence-corrected chi connectivity index (χ3v) is 2.55. The number of carbonyl (C=O) groups excluding carboxylic acids is 1. The first-order valence-corrected chi connectivity index (χ1v) is 5.04. The van der Waals surface area contributed by atoms with Crippen molar-refractivity contribution in [3.63, 3.8) is 0 Å². The van der Waals surface area contributed by atoms with Gasteiger partial charge >= 0.3 is 0 Å². The Hall–Kier alpha value is -0.740. The Morgan fingerprint density at radius 1 is 1.57 bits per heavy atom. The van der Waals surface area contributed by atoms with E-state index >= 15 is 0 Å². The molecule has 0 saturated carbocycles. The number of carbonyl (C=O) groups is 1. The summed E-state index contributed by atoms with van der Waals surface area (Å²) in [7, 11) is 0. The van der Waals surface area contributed by atoms with Crippen molar-refractivity contribution in [3.8, 4) is 0 Å². The zero-order chi connectivity index (χ0) is 10.7. The van der Waals surface area contributed by atoms with Crippen LogP contribution in [0.2, 0.25) is 0 Å². The van der Waals surface area contributed by atoms with Crippen LogP contribution in [-0.2, 0) is 0 Å². The second-order valence-electron chi connectivity index (χ2n) is 3.04. The first-order valence-electron chi connectivity index (χ1n) is 4.25. The molecule has 0 atom stereocenters. The molecule has 0 bridgehead atoms. The predicted octanol–water partition coefficient (Wildman–Crippen LogP) is 2.43. The number of benzene rings is 1. The van der Waals surface area contributed by atoms with Crippen molar-refractivity contribution in [2.24, 2.45) is 5.73 Å². The molecule has 0 heterocycles. The summed E-state index contributed by atoms with van der Waals surface area (Å²) >= 11 is 3.04. The molecule has 0 spiro atoms. The molecule has 0 saturated heterocycles. The van der Waals surface area contributed by atoms with Gasteiger partial charge in [-0.15, -0.1) is 0 Å². The summed E-state index contributed by atoms with van der Waals surface area (Å²) in [5, 5.41) is 0. The minimum Gasteiger partial charge on any atom is -0.330 e. The highest BCUT2D eigenvalue weighted by molar-refractivity contribution is 9.10. The van der Waals surface area contributed by atoms with E-state index in [1.54, 1.807) is 6.92 Å². The molecule has 0 aliphatic heterocycles. The summed E-state index contributed by atoms with van der Waals surface area (Å²) in [5.74, 6) is -0.405. The first-order chi connectivity index (χ1) is 6.56. The molecule has 0 fully saturated rings. The largest absolute Gasteiger partial charge is 0.330 e. The lowest BCUT2D eigenvalue weighted by Crippen LogP contribution is -2.09. The van der Waals surface area contributed by atoms with Gasteiger partial charge in [0.1, 0.15) is 5.82 Å². The van der Waals surface area contributed by atoms with E-state index in [1.165, 1.54) is 12.1 Å². The standard InChI is InChI=1S/C10H11BrFNO/c1-6-4-9(12)8(11)5-7(6)10(14)2-3-13/h4-5H,2-3,13H2,1H3. The molecule has 1 aromatic carbocycles. The SMILES string of the molecule is Cc1cc(F)c(Br)cc1C(=O)CCN. The van der Waals surface area contributed by atoms with Gasteiger partial charge in [-0.05, 0) is 47.1 Å². The van der Waals surface area contributed by atoms with E-state index in [9.17, 15) is 9.18 Å². The van der Waals surface area contributed by atoms with Crippen molar-refractivity contribution in [3.05, 3.63) is 33.5 Å². The Kier molecular flexibility index (Phi) is 3.77. The maximum Gasteiger partial charge on any atom is 0.164 e. The molecular formula is C10H11BrFNO. The van der Waals surface area contributed by atoms with Crippen molar-refractivity contribution in [1.82, 2.24) is 0 Å². The summed E-state index contributed by atoms with van der Waals surface area (Å²) < 4.78 is 13.3. The van der Waals surface area contributed by atoms with Crippen LogP contribution >= 0.6 is 15.9 Å². The molecule has 2 N–H and O–H groups in total. The van der Waals surface area contributed by atoms with E-state index in [0.717, 1.165) is 0 Å². The van der Waals surface area contributed by atoms with Crippen molar-refractivity contribution in [2.75, 3.05) is 6.54 Å². The van der Waals surface area contributed by atoms with E-state index in [1.807, 2.05) is 0 Å². The molecule has 14 heavy (non-hydrogen) atoms. The van der Waals surface area contributed by atoms with Crippen molar-refractivity contribution >= 4 is 21.7 Å². The molecule has 0 aliphatic carbocycles. The fourth-order valence-corrected chi connectivity index (χ4v) is 1.56. The Morgan fingerprint density at radius 2 is 2.21 bits per heavy atom. The van der Waals surface area contributed by atoms with Gasteiger partial charge in [-0.2, -0.15) is 0 Å². The van der Waals surface area contributed by atoms with Crippen LogP contribution in [-0.4, -0.2) is 12.3 Å². The number of nitrogens with two attached hydrogens (primary N) is 1. The highest BCUT2D eigenvalue weighted by Crippen LogP contribution is 2.21. The Bertz CT molecular complexity index is 365. The third kappa shape index (κ3) is 2.39. The molecule has 0 radical (unpaired) electrons. The second-order valence-corrected chi connectivity index (χ2v) is 3.90. The monoisotopic (exact) mass is 259 g/mol. The Labute approximate surface area is 90.4 Å². The third-order valence-electron chi connectivity index (χ3n) is 1.94. The van der Waals surface area contributed by atoms with Gasteiger partial charge < -0.3 is 5.73 Å². The van der Waals surface area contributed by atoms with Crippen LogP contribution in [0.5, 0.6) is 0 Å². The van der Waals surface area contributed by atoms with Crippen LogP contribution in [0.4, 0.5) is 4.39 Å². The van der Waals surface area contributed by atoms with E-state index in [-0.39, 0.29) is 11.6 Å². The molecule has 0 unspecified atom stereocenters. The number of aryl methyl sites for hydroxylation is 1. The maximum absolute atomic E-state index is 13.0. The molecule has 76 valence electrons. The molecule has 2 nitrogen and oxygen atoms in total. The van der Waals surface area contributed by atoms with Gasteiger partial charge in [0.15, 0.2) is 5.78 Å². The van der Waals surface area contributed by atoms with Gasteiger partial charge in [0.2, 0.25) is 0 Å². The Balaban J connectivity index is 3.09. The Morgan fingerprint density at radius 3 is 2.79 bits per heavy atom. The average Bonchev–Trinajstić information content (AvgIpc) is 2.11. The quantitative estimate of drug-likeness (QED) is 0.848. The number of ketones is 1. The smallest absolute Gasteiger partial charge is 0.164 e. The fraction of sp³-hybridized carbons (Fsp3) is 0.300. The normalized spacial score (nSPS) is 10.3. The van der Waals surface area contributed by atoms with Crippen LogP contribution in [0.25, 0.3) is 0 Å². The van der Waals surface area contributed by atoms with Crippen molar-refractivity contribution in [2.45, 2.75) is 13.3 Å². The van der Waals surface area contributed by atoms with Crippen molar-refractivity contribution < 1.29 is 9.18 Å². The highest BCUT2D eigenvalue weighted by Gasteiger charge is 2.11. The second kappa shape index (κ2) is 4.66. The van der Waals surface area contributed by atoms with Gasteiger partial charge in [-0.1, -0.05) is 0 Å². The van der Waals surface area contributed by atoms with Crippen molar-refractivity contribution in [1.29, 1.82) is 0 Å². The summed E-state index contributed by atoms with van der Waals surface area (Å²) in [5.41, 5.74) is 6.45. The molecule has 0 amide bonds. The average molecular weight is 260 g/mol. The summed E-state index contributed by atoms with van der Waals surface area (Å²) in [4.78, 5) is 11.5. The van der Waals surface area contributed by atoms with Crippen LogP contribution in [0, 0.1) is 12.7 Å². The maximum atomic E-state index is 13.0. The van der Waals surface area contributed by atoms with Gasteiger partial charge in [0, 0.05) is 12.0 Å². The molecule has 1 rings (SSSR count). The highest BCUT2D eigenvalue weighted by atomic mass is 79.9. The fourth-order valence-electron chi connectivity index (χ4n) is 1.21. The van der Waals surface area contributed by atoms with Crippen LogP contribution in [0.15, 0.2) is 16.6 Å². The molecule has 0 aliphatic rings. The summed E-state index contributed by atoms with van der Waals surface area (Å²) in [6.45, 7) is 2.02. The summed E-state index contributed by atoms with van der Waals surface area (Å²) in [6.07, 6.45) is 0.291. The van der Waals surface area contributed by atoms with E-state index < -0.39 is 0 Å². The molecule has 4 heteroatoms. The van der Waals surface area contributed by atoms with E-state index in [4.69, 9.17) is 5.73 Å². The number of hydrogen-bond donors (Lipinski definition) is 1. The van der Waals surface area contributed by atoms with Crippen LogP contribution < -0.4 is 5.73 Å². The van der Waals surface area contributed by atoms with Crippen LogP contribution in [0.3, 0.4) is 0 Å². The lowest BCUT2D eigenvalue weighted by atomic mass is 10.0. The predicted molar refractivity (Wildman–Crippen MR) is 56.8 cm³/mol.